The van der Waals surface area contributed by atoms with Crippen molar-refractivity contribution in [3.8, 4) is 11.5 Å². The maximum atomic E-state index is 12.7. The summed E-state index contributed by atoms with van der Waals surface area (Å²) in [6, 6.07) is 15.9. The van der Waals surface area contributed by atoms with Crippen molar-refractivity contribution in [2.24, 2.45) is 5.92 Å². The lowest BCUT2D eigenvalue weighted by molar-refractivity contribution is -0.149. The smallest absolute Gasteiger partial charge is 0.329 e. The van der Waals surface area contributed by atoms with Crippen LogP contribution < -0.4 is 5.32 Å². The number of hydrogen-bond donors (Lipinski definition) is 1. The minimum atomic E-state index is -0.804. The summed E-state index contributed by atoms with van der Waals surface area (Å²) in [5, 5.41) is 10.7. The van der Waals surface area contributed by atoms with Gasteiger partial charge < -0.3 is 14.5 Å². The third kappa shape index (κ3) is 5.81. The van der Waals surface area contributed by atoms with Gasteiger partial charge in [-0.15, -0.1) is 10.2 Å². The standard InChI is InChI=1S/C25H29N3O4/c1-16(2)21(26-22(29)17-11-13-19(14-12-17)25(3,4)5)24(30)31-15-20-27-28-23(32-20)18-9-7-6-8-10-18/h6-14,16,21H,15H2,1-5H3,(H,26,29)/t21-/m0/s1. The Morgan fingerprint density at radius 3 is 2.25 bits per heavy atom. The average molecular weight is 436 g/mol. The van der Waals surface area contributed by atoms with Gasteiger partial charge in [0.25, 0.3) is 11.8 Å². The van der Waals surface area contributed by atoms with E-state index in [1.807, 2.05) is 56.3 Å². The number of ether oxygens (including phenoxy) is 1. The Kier molecular flexibility index (Phi) is 7.08. The summed E-state index contributed by atoms with van der Waals surface area (Å²) in [5.74, 6) is -0.514. The van der Waals surface area contributed by atoms with Crippen molar-refractivity contribution in [3.05, 3.63) is 71.6 Å². The fourth-order valence-corrected chi connectivity index (χ4v) is 3.08. The van der Waals surface area contributed by atoms with Crippen LogP contribution >= 0.6 is 0 Å². The first-order valence-electron chi connectivity index (χ1n) is 10.6. The largest absolute Gasteiger partial charge is 0.454 e. The molecule has 0 radical (unpaired) electrons. The molecule has 0 bridgehead atoms. The second-order valence-electron chi connectivity index (χ2n) is 9.00. The lowest BCUT2D eigenvalue weighted by atomic mass is 9.86. The highest BCUT2D eigenvalue weighted by atomic mass is 16.5. The average Bonchev–Trinajstić information content (AvgIpc) is 3.24. The minimum absolute atomic E-state index is 0.00556. The number of amides is 1. The topological polar surface area (TPSA) is 94.3 Å². The predicted octanol–water partition coefficient (Wildman–Crippen LogP) is 4.53. The van der Waals surface area contributed by atoms with Crippen LogP contribution in [0.15, 0.2) is 59.0 Å². The highest BCUT2D eigenvalue weighted by Gasteiger charge is 2.27. The van der Waals surface area contributed by atoms with Gasteiger partial charge in [0.2, 0.25) is 5.89 Å². The molecule has 2 aromatic carbocycles. The summed E-state index contributed by atoms with van der Waals surface area (Å²) < 4.78 is 10.9. The van der Waals surface area contributed by atoms with Gasteiger partial charge in [0.15, 0.2) is 6.61 Å². The highest BCUT2D eigenvalue weighted by Crippen LogP contribution is 2.22. The Balaban J connectivity index is 1.61. The first kappa shape index (κ1) is 23.2. The van der Waals surface area contributed by atoms with Gasteiger partial charge in [-0.2, -0.15) is 0 Å². The van der Waals surface area contributed by atoms with E-state index in [0.717, 1.165) is 11.1 Å². The van der Waals surface area contributed by atoms with E-state index in [1.165, 1.54) is 0 Å². The van der Waals surface area contributed by atoms with Crippen molar-refractivity contribution in [2.45, 2.75) is 52.7 Å². The van der Waals surface area contributed by atoms with Crippen LogP contribution in [0.2, 0.25) is 0 Å². The fourth-order valence-electron chi connectivity index (χ4n) is 3.08. The highest BCUT2D eigenvalue weighted by molar-refractivity contribution is 5.96. The molecular formula is C25H29N3O4. The van der Waals surface area contributed by atoms with Gasteiger partial charge >= 0.3 is 5.97 Å². The number of carbonyl (C=O) groups excluding carboxylic acids is 2. The SMILES string of the molecule is CC(C)[C@H](NC(=O)c1ccc(C(C)(C)C)cc1)C(=O)OCc1nnc(-c2ccccc2)o1. The Morgan fingerprint density at radius 1 is 1.00 bits per heavy atom. The fraction of sp³-hybridized carbons (Fsp3) is 0.360. The minimum Gasteiger partial charge on any atom is -0.454 e. The first-order valence-corrected chi connectivity index (χ1v) is 10.6. The van der Waals surface area contributed by atoms with Gasteiger partial charge in [-0.05, 0) is 41.2 Å². The molecule has 0 saturated carbocycles. The molecule has 32 heavy (non-hydrogen) atoms. The van der Waals surface area contributed by atoms with E-state index in [-0.39, 0.29) is 29.7 Å². The van der Waals surface area contributed by atoms with E-state index in [1.54, 1.807) is 12.1 Å². The molecule has 1 N–H and O–H groups in total. The van der Waals surface area contributed by atoms with Gasteiger partial charge in [0, 0.05) is 11.1 Å². The second kappa shape index (κ2) is 9.77. The molecule has 7 heteroatoms. The number of rotatable bonds is 7. The van der Waals surface area contributed by atoms with Crippen molar-refractivity contribution in [3.63, 3.8) is 0 Å². The molecule has 0 aliphatic carbocycles. The summed E-state index contributed by atoms with van der Waals surface area (Å²) >= 11 is 0. The molecule has 0 aliphatic heterocycles. The molecule has 1 atom stereocenters. The molecule has 7 nitrogen and oxygen atoms in total. The monoisotopic (exact) mass is 435 g/mol. The molecule has 0 spiro atoms. The van der Waals surface area contributed by atoms with Crippen LogP contribution in [0.5, 0.6) is 0 Å². The zero-order valence-corrected chi connectivity index (χ0v) is 19.1. The molecule has 1 amide bonds. The number of hydrogen-bond acceptors (Lipinski definition) is 6. The Bertz CT molecular complexity index is 1050. The maximum Gasteiger partial charge on any atom is 0.329 e. The summed E-state index contributed by atoms with van der Waals surface area (Å²) in [6.45, 7) is 9.85. The predicted molar refractivity (Wildman–Crippen MR) is 121 cm³/mol. The number of esters is 1. The molecule has 1 heterocycles. The molecule has 3 rings (SSSR count). The lowest BCUT2D eigenvalue weighted by Gasteiger charge is -2.21. The van der Waals surface area contributed by atoms with Gasteiger partial charge in [0.05, 0.1) is 0 Å². The van der Waals surface area contributed by atoms with Crippen LogP contribution in [0.3, 0.4) is 0 Å². The Labute approximate surface area is 188 Å². The maximum absolute atomic E-state index is 12.7. The summed E-state index contributed by atoms with van der Waals surface area (Å²) in [7, 11) is 0. The molecule has 0 saturated heterocycles. The van der Waals surface area contributed by atoms with Crippen LogP contribution in [-0.4, -0.2) is 28.1 Å². The van der Waals surface area contributed by atoms with E-state index < -0.39 is 12.0 Å². The Morgan fingerprint density at radius 2 is 1.66 bits per heavy atom. The van der Waals surface area contributed by atoms with Crippen molar-refractivity contribution in [2.75, 3.05) is 0 Å². The second-order valence-corrected chi connectivity index (χ2v) is 9.00. The number of nitrogens with one attached hydrogen (secondary N) is 1. The Hall–Kier alpha value is -3.48. The van der Waals surface area contributed by atoms with E-state index in [0.29, 0.717) is 11.5 Å². The van der Waals surface area contributed by atoms with Crippen molar-refractivity contribution >= 4 is 11.9 Å². The van der Waals surface area contributed by atoms with Crippen LogP contribution in [0.25, 0.3) is 11.5 Å². The summed E-state index contributed by atoms with van der Waals surface area (Å²) in [4.78, 5) is 25.4. The molecule has 3 aromatic rings. The molecule has 0 aliphatic rings. The first-order chi connectivity index (χ1) is 15.1. The molecule has 0 unspecified atom stereocenters. The summed E-state index contributed by atoms with van der Waals surface area (Å²) in [5.41, 5.74) is 2.39. The number of carbonyl (C=O) groups is 2. The normalized spacial score (nSPS) is 12.4. The lowest BCUT2D eigenvalue weighted by Crippen LogP contribution is -2.45. The van der Waals surface area contributed by atoms with Gasteiger partial charge in [0.1, 0.15) is 6.04 Å². The number of benzene rings is 2. The molecule has 0 fully saturated rings. The van der Waals surface area contributed by atoms with Crippen LogP contribution in [0.4, 0.5) is 0 Å². The van der Waals surface area contributed by atoms with Crippen molar-refractivity contribution < 1.29 is 18.7 Å². The zero-order chi connectivity index (χ0) is 23.3. The van der Waals surface area contributed by atoms with E-state index >= 15 is 0 Å². The van der Waals surface area contributed by atoms with E-state index in [4.69, 9.17) is 9.15 Å². The molecule has 1 aromatic heterocycles. The van der Waals surface area contributed by atoms with E-state index in [2.05, 4.69) is 36.3 Å². The van der Waals surface area contributed by atoms with Gasteiger partial charge in [-0.25, -0.2) is 4.79 Å². The summed E-state index contributed by atoms with van der Waals surface area (Å²) in [6.07, 6.45) is 0. The van der Waals surface area contributed by atoms with Crippen molar-refractivity contribution in [1.29, 1.82) is 0 Å². The van der Waals surface area contributed by atoms with Crippen LogP contribution in [-0.2, 0) is 21.6 Å². The van der Waals surface area contributed by atoms with Gasteiger partial charge in [-0.1, -0.05) is 65.0 Å². The molecule has 168 valence electrons. The third-order valence-corrected chi connectivity index (χ3v) is 5.05. The quantitative estimate of drug-likeness (QED) is 0.548. The number of nitrogens with zero attached hydrogens (tertiary/aromatic N) is 2. The van der Waals surface area contributed by atoms with Crippen LogP contribution in [0, 0.1) is 5.92 Å². The number of aromatic nitrogens is 2. The third-order valence-electron chi connectivity index (χ3n) is 5.05. The van der Waals surface area contributed by atoms with Gasteiger partial charge in [-0.3, -0.25) is 4.79 Å². The molecular weight excluding hydrogens is 406 g/mol. The van der Waals surface area contributed by atoms with Crippen molar-refractivity contribution in [1.82, 2.24) is 15.5 Å². The zero-order valence-electron chi connectivity index (χ0n) is 19.1. The van der Waals surface area contributed by atoms with Crippen LogP contribution in [0.1, 0.15) is 56.4 Å². The van der Waals surface area contributed by atoms with E-state index in [9.17, 15) is 9.59 Å².